The number of hydrogen-bond acceptors (Lipinski definition) is 3. The van der Waals surface area contributed by atoms with Gasteiger partial charge in [-0.3, -0.25) is 4.98 Å². The van der Waals surface area contributed by atoms with Gasteiger partial charge in [0.05, 0.1) is 0 Å². The van der Waals surface area contributed by atoms with Crippen molar-refractivity contribution in [3.63, 3.8) is 0 Å². The van der Waals surface area contributed by atoms with E-state index in [2.05, 4.69) is 23.3 Å². The highest BCUT2D eigenvalue weighted by molar-refractivity contribution is 5.12. The quantitative estimate of drug-likeness (QED) is 0.842. The SMILES string of the molecule is CC(NCC1(CO)CCCCC1)c1cccnc1. The minimum Gasteiger partial charge on any atom is -0.396 e. The van der Waals surface area contributed by atoms with Crippen molar-refractivity contribution in [1.29, 1.82) is 0 Å². The molecule has 100 valence electrons. The summed E-state index contributed by atoms with van der Waals surface area (Å²) >= 11 is 0. The van der Waals surface area contributed by atoms with Crippen molar-refractivity contribution in [1.82, 2.24) is 10.3 Å². The Bertz CT molecular complexity index is 347. The molecule has 1 aliphatic rings. The van der Waals surface area contributed by atoms with E-state index < -0.39 is 0 Å². The first-order chi connectivity index (χ1) is 8.76. The average molecular weight is 248 g/mol. The van der Waals surface area contributed by atoms with Gasteiger partial charge in [0.2, 0.25) is 0 Å². The molecule has 1 saturated carbocycles. The molecule has 3 heteroatoms. The van der Waals surface area contributed by atoms with Crippen LogP contribution in [0, 0.1) is 5.41 Å². The average Bonchev–Trinajstić information content (AvgIpc) is 2.47. The summed E-state index contributed by atoms with van der Waals surface area (Å²) in [6.07, 6.45) is 9.83. The number of aliphatic hydroxyl groups excluding tert-OH is 1. The number of hydrogen-bond donors (Lipinski definition) is 2. The molecule has 0 saturated heterocycles. The van der Waals surface area contributed by atoms with Gasteiger partial charge in [-0.25, -0.2) is 0 Å². The maximum atomic E-state index is 9.67. The zero-order valence-electron chi connectivity index (χ0n) is 11.2. The third-order valence-electron chi connectivity index (χ3n) is 4.22. The maximum absolute atomic E-state index is 9.67. The lowest BCUT2D eigenvalue weighted by atomic mass is 9.74. The molecule has 1 fully saturated rings. The van der Waals surface area contributed by atoms with Gasteiger partial charge in [0.15, 0.2) is 0 Å². The molecular weight excluding hydrogens is 224 g/mol. The van der Waals surface area contributed by atoms with E-state index in [0.29, 0.717) is 12.6 Å². The number of nitrogens with one attached hydrogen (secondary N) is 1. The van der Waals surface area contributed by atoms with Crippen LogP contribution in [0.5, 0.6) is 0 Å². The van der Waals surface area contributed by atoms with E-state index in [1.807, 2.05) is 12.3 Å². The van der Waals surface area contributed by atoms with Crippen LogP contribution in [-0.4, -0.2) is 23.2 Å². The zero-order valence-corrected chi connectivity index (χ0v) is 11.2. The van der Waals surface area contributed by atoms with Crippen LogP contribution in [0.25, 0.3) is 0 Å². The summed E-state index contributed by atoms with van der Waals surface area (Å²) < 4.78 is 0. The topological polar surface area (TPSA) is 45.1 Å². The molecule has 18 heavy (non-hydrogen) atoms. The van der Waals surface area contributed by atoms with Crippen LogP contribution in [0.1, 0.15) is 50.6 Å². The maximum Gasteiger partial charge on any atom is 0.0499 e. The number of pyridine rings is 1. The molecule has 1 aliphatic carbocycles. The Morgan fingerprint density at radius 1 is 1.39 bits per heavy atom. The highest BCUT2D eigenvalue weighted by atomic mass is 16.3. The fourth-order valence-corrected chi connectivity index (χ4v) is 2.81. The molecule has 3 nitrogen and oxygen atoms in total. The molecule has 2 rings (SSSR count). The van der Waals surface area contributed by atoms with E-state index in [4.69, 9.17) is 0 Å². The van der Waals surface area contributed by atoms with Gasteiger partial charge in [0.1, 0.15) is 0 Å². The molecule has 1 atom stereocenters. The number of aromatic nitrogens is 1. The second-order valence-corrected chi connectivity index (χ2v) is 5.61. The Kier molecular flexibility index (Phi) is 4.72. The first-order valence-electron chi connectivity index (χ1n) is 7.00. The van der Waals surface area contributed by atoms with Gasteiger partial charge in [-0.1, -0.05) is 25.3 Å². The van der Waals surface area contributed by atoms with Gasteiger partial charge >= 0.3 is 0 Å². The monoisotopic (exact) mass is 248 g/mol. The lowest BCUT2D eigenvalue weighted by Crippen LogP contribution is -2.40. The molecule has 0 amide bonds. The Labute approximate surface area is 110 Å². The summed E-state index contributed by atoms with van der Waals surface area (Å²) in [5, 5.41) is 13.2. The van der Waals surface area contributed by atoms with Gasteiger partial charge in [-0.15, -0.1) is 0 Å². The molecular formula is C15H24N2O. The fourth-order valence-electron chi connectivity index (χ4n) is 2.81. The summed E-state index contributed by atoms with van der Waals surface area (Å²) in [6.45, 7) is 3.37. The fraction of sp³-hybridized carbons (Fsp3) is 0.667. The van der Waals surface area contributed by atoms with Gasteiger partial charge in [0.25, 0.3) is 0 Å². The third kappa shape index (κ3) is 3.30. The van der Waals surface area contributed by atoms with Crippen molar-refractivity contribution < 1.29 is 5.11 Å². The molecule has 1 heterocycles. The van der Waals surface area contributed by atoms with E-state index in [-0.39, 0.29) is 5.41 Å². The van der Waals surface area contributed by atoms with E-state index >= 15 is 0 Å². The van der Waals surface area contributed by atoms with Crippen LogP contribution in [0.4, 0.5) is 0 Å². The van der Waals surface area contributed by atoms with Crippen molar-refractivity contribution in [2.45, 2.75) is 45.1 Å². The minimum absolute atomic E-state index is 0.106. The van der Waals surface area contributed by atoms with E-state index in [1.54, 1.807) is 6.20 Å². The van der Waals surface area contributed by atoms with Crippen LogP contribution < -0.4 is 5.32 Å². The molecule has 1 unspecified atom stereocenters. The lowest BCUT2D eigenvalue weighted by Gasteiger charge is -2.36. The molecule has 0 aliphatic heterocycles. The van der Waals surface area contributed by atoms with Crippen molar-refractivity contribution >= 4 is 0 Å². The van der Waals surface area contributed by atoms with Gasteiger partial charge < -0.3 is 10.4 Å². The van der Waals surface area contributed by atoms with E-state index in [0.717, 1.165) is 19.4 Å². The van der Waals surface area contributed by atoms with Crippen LogP contribution in [0.15, 0.2) is 24.5 Å². The van der Waals surface area contributed by atoms with E-state index in [1.165, 1.54) is 24.8 Å². The number of aliphatic hydroxyl groups is 1. The summed E-state index contributed by atoms with van der Waals surface area (Å²) in [7, 11) is 0. The van der Waals surface area contributed by atoms with Crippen molar-refractivity contribution in [3.8, 4) is 0 Å². The Hall–Kier alpha value is -0.930. The first-order valence-corrected chi connectivity index (χ1v) is 7.00. The Balaban J connectivity index is 1.90. The van der Waals surface area contributed by atoms with E-state index in [9.17, 15) is 5.11 Å². The standard InChI is InChI=1S/C15H24N2O/c1-13(14-6-5-9-16-10-14)17-11-15(12-18)7-3-2-4-8-15/h5-6,9-10,13,17-18H,2-4,7-8,11-12H2,1H3. The summed E-state index contributed by atoms with van der Waals surface area (Å²) in [6, 6.07) is 4.36. The van der Waals surface area contributed by atoms with Crippen LogP contribution >= 0.6 is 0 Å². The minimum atomic E-state index is 0.106. The second kappa shape index (κ2) is 6.30. The zero-order chi connectivity index (χ0) is 12.8. The second-order valence-electron chi connectivity index (χ2n) is 5.61. The smallest absolute Gasteiger partial charge is 0.0499 e. The van der Waals surface area contributed by atoms with Crippen LogP contribution in [0.2, 0.25) is 0 Å². The molecule has 0 bridgehead atoms. The van der Waals surface area contributed by atoms with Crippen molar-refractivity contribution in [2.24, 2.45) is 5.41 Å². The van der Waals surface area contributed by atoms with Crippen LogP contribution in [-0.2, 0) is 0 Å². The molecule has 0 aromatic carbocycles. The first kappa shape index (κ1) is 13.5. The molecule has 0 spiro atoms. The summed E-state index contributed by atoms with van der Waals surface area (Å²) in [4.78, 5) is 4.15. The van der Waals surface area contributed by atoms with Crippen molar-refractivity contribution in [3.05, 3.63) is 30.1 Å². The third-order valence-corrected chi connectivity index (χ3v) is 4.22. The normalized spacial score (nSPS) is 20.6. The highest BCUT2D eigenvalue weighted by Gasteiger charge is 2.31. The summed E-state index contributed by atoms with van der Waals surface area (Å²) in [5.41, 5.74) is 1.32. The highest BCUT2D eigenvalue weighted by Crippen LogP contribution is 2.35. The van der Waals surface area contributed by atoms with Crippen LogP contribution in [0.3, 0.4) is 0 Å². The Morgan fingerprint density at radius 2 is 2.17 bits per heavy atom. The molecule has 1 aromatic rings. The van der Waals surface area contributed by atoms with Gasteiger partial charge in [0, 0.05) is 37.0 Å². The predicted octanol–water partition coefficient (Wildman–Crippen LogP) is 2.68. The largest absolute Gasteiger partial charge is 0.396 e. The lowest BCUT2D eigenvalue weighted by molar-refractivity contribution is 0.0788. The molecule has 2 N–H and O–H groups in total. The predicted molar refractivity (Wildman–Crippen MR) is 73.3 cm³/mol. The van der Waals surface area contributed by atoms with Gasteiger partial charge in [-0.2, -0.15) is 0 Å². The Morgan fingerprint density at radius 3 is 2.78 bits per heavy atom. The molecule has 1 aromatic heterocycles. The van der Waals surface area contributed by atoms with Gasteiger partial charge in [-0.05, 0) is 31.4 Å². The number of rotatable bonds is 5. The number of nitrogens with zero attached hydrogens (tertiary/aromatic N) is 1. The van der Waals surface area contributed by atoms with Crippen molar-refractivity contribution in [2.75, 3.05) is 13.2 Å². The summed E-state index contributed by atoms with van der Waals surface area (Å²) in [5.74, 6) is 0. The molecule has 0 radical (unpaired) electrons.